The standard InChI is InChI=1S/C46H41N5O4/c1-45(2,3)36-26-34(52-30-14-11-16-32(24-30)54-40-18-7-9-20-47-40)28-38-42(36)43-37(46(4,5)6)27-35(29-39(43)51(38)44-49-22-13-23-50-44)53-31-15-12-17-33(25-31)55-41-19-8-10-21-48-41/h7-29H,1-6H3. The Morgan fingerprint density at radius 1 is 0.400 bits per heavy atom. The lowest BCUT2D eigenvalue weighted by atomic mass is 9.80. The van der Waals surface area contributed by atoms with E-state index in [1.165, 1.54) is 0 Å². The van der Waals surface area contributed by atoms with E-state index in [0.717, 1.165) is 32.9 Å². The Labute approximate surface area is 320 Å². The predicted octanol–water partition coefficient (Wildman–Crippen LogP) is 12.1. The normalized spacial score (nSPS) is 11.8. The van der Waals surface area contributed by atoms with Gasteiger partial charge >= 0.3 is 0 Å². The zero-order valence-electron chi connectivity index (χ0n) is 31.6. The lowest BCUT2D eigenvalue weighted by Crippen LogP contribution is -2.14. The molecular weight excluding hydrogens is 687 g/mol. The molecule has 0 radical (unpaired) electrons. The fourth-order valence-corrected chi connectivity index (χ4v) is 6.66. The van der Waals surface area contributed by atoms with Crippen molar-refractivity contribution in [2.24, 2.45) is 0 Å². The number of aromatic nitrogens is 5. The summed E-state index contributed by atoms with van der Waals surface area (Å²) in [5.41, 5.74) is 3.54. The first-order valence-electron chi connectivity index (χ1n) is 18.2. The number of benzene rings is 4. The molecule has 0 aliphatic heterocycles. The highest BCUT2D eigenvalue weighted by Crippen LogP contribution is 2.47. The Morgan fingerprint density at radius 3 is 1.22 bits per heavy atom. The van der Waals surface area contributed by atoms with Crippen LogP contribution in [0.15, 0.2) is 140 Å². The number of hydrogen-bond donors (Lipinski definition) is 0. The van der Waals surface area contributed by atoms with Crippen LogP contribution >= 0.6 is 0 Å². The van der Waals surface area contributed by atoms with Crippen molar-refractivity contribution in [2.45, 2.75) is 52.4 Å². The molecule has 0 N–H and O–H groups in total. The number of nitrogens with zero attached hydrogens (tertiary/aromatic N) is 5. The average Bonchev–Trinajstić information content (AvgIpc) is 3.48. The largest absolute Gasteiger partial charge is 0.457 e. The van der Waals surface area contributed by atoms with Crippen molar-refractivity contribution in [1.82, 2.24) is 24.5 Å². The first-order chi connectivity index (χ1) is 26.5. The molecule has 0 bridgehead atoms. The second-order valence-electron chi connectivity index (χ2n) is 15.3. The average molecular weight is 728 g/mol. The van der Waals surface area contributed by atoms with Gasteiger partial charge in [0.15, 0.2) is 0 Å². The smallest absolute Gasteiger partial charge is 0.234 e. The molecule has 4 heterocycles. The number of pyridine rings is 2. The second kappa shape index (κ2) is 14.2. The fraction of sp³-hybridized carbons (Fsp3) is 0.174. The third-order valence-corrected chi connectivity index (χ3v) is 9.08. The van der Waals surface area contributed by atoms with Gasteiger partial charge in [0.2, 0.25) is 17.7 Å². The van der Waals surface area contributed by atoms with Gasteiger partial charge in [0.1, 0.15) is 34.5 Å². The van der Waals surface area contributed by atoms with Crippen molar-refractivity contribution >= 4 is 21.8 Å². The molecule has 4 aromatic carbocycles. The van der Waals surface area contributed by atoms with Crippen LogP contribution in [-0.2, 0) is 10.8 Å². The highest BCUT2D eigenvalue weighted by Gasteiger charge is 2.29. The summed E-state index contributed by atoms with van der Waals surface area (Å²) in [6.45, 7) is 13.4. The zero-order chi connectivity index (χ0) is 38.2. The van der Waals surface area contributed by atoms with E-state index >= 15 is 0 Å². The van der Waals surface area contributed by atoms with Gasteiger partial charge in [0.05, 0.1) is 11.0 Å². The van der Waals surface area contributed by atoms with Crippen LogP contribution in [-0.4, -0.2) is 24.5 Å². The molecular formula is C46H41N5O4. The monoisotopic (exact) mass is 727 g/mol. The minimum absolute atomic E-state index is 0.267. The van der Waals surface area contributed by atoms with E-state index in [0.29, 0.717) is 52.2 Å². The van der Waals surface area contributed by atoms with E-state index in [1.807, 2.05) is 91.0 Å². The molecule has 9 heteroatoms. The Morgan fingerprint density at radius 2 is 0.818 bits per heavy atom. The predicted molar refractivity (Wildman–Crippen MR) is 215 cm³/mol. The van der Waals surface area contributed by atoms with Gasteiger partial charge in [-0.05, 0) is 76.6 Å². The highest BCUT2D eigenvalue weighted by atomic mass is 16.5. The van der Waals surface area contributed by atoms with Crippen LogP contribution in [0.3, 0.4) is 0 Å². The number of ether oxygens (including phenoxy) is 4. The summed E-state index contributed by atoms with van der Waals surface area (Å²) < 4.78 is 27.4. The molecule has 0 aliphatic carbocycles. The first kappa shape index (κ1) is 35.3. The maximum absolute atomic E-state index is 6.65. The molecule has 8 rings (SSSR count). The van der Waals surface area contributed by atoms with Crippen molar-refractivity contribution in [2.75, 3.05) is 0 Å². The Kier molecular flexibility index (Phi) is 9.14. The SMILES string of the molecule is CC(C)(C)c1cc(Oc2cccc(Oc3ccccn3)c2)cc2c1c1c(C(C)(C)C)cc(Oc3cccc(Oc4ccccn4)c3)cc1n2-c1ncccn1. The van der Waals surface area contributed by atoms with Gasteiger partial charge in [-0.15, -0.1) is 0 Å². The molecule has 0 atom stereocenters. The van der Waals surface area contributed by atoms with Gasteiger partial charge < -0.3 is 18.9 Å². The fourth-order valence-electron chi connectivity index (χ4n) is 6.66. The molecule has 274 valence electrons. The third kappa shape index (κ3) is 7.55. The van der Waals surface area contributed by atoms with Crippen molar-refractivity contribution in [1.29, 1.82) is 0 Å². The van der Waals surface area contributed by atoms with E-state index in [2.05, 4.69) is 80.3 Å². The molecule has 0 spiro atoms. The summed E-state index contributed by atoms with van der Waals surface area (Å²) in [6.07, 6.45) is 6.92. The summed E-state index contributed by atoms with van der Waals surface area (Å²) in [5, 5.41) is 2.22. The zero-order valence-corrected chi connectivity index (χ0v) is 31.6. The minimum atomic E-state index is -0.267. The van der Waals surface area contributed by atoms with Gasteiger partial charge in [-0.1, -0.05) is 65.8 Å². The van der Waals surface area contributed by atoms with Crippen molar-refractivity contribution in [3.63, 3.8) is 0 Å². The van der Waals surface area contributed by atoms with Crippen LogP contribution in [0.25, 0.3) is 27.8 Å². The topological polar surface area (TPSA) is 93.4 Å². The highest BCUT2D eigenvalue weighted by molar-refractivity contribution is 6.13. The van der Waals surface area contributed by atoms with Crippen LogP contribution in [0.4, 0.5) is 0 Å². The van der Waals surface area contributed by atoms with Gasteiger partial charge in [0.25, 0.3) is 0 Å². The molecule has 0 amide bonds. The maximum atomic E-state index is 6.65. The molecule has 0 saturated heterocycles. The van der Waals surface area contributed by atoms with Gasteiger partial charge in [-0.2, -0.15) is 0 Å². The van der Waals surface area contributed by atoms with E-state index in [9.17, 15) is 0 Å². The van der Waals surface area contributed by atoms with Crippen molar-refractivity contribution in [3.05, 3.63) is 151 Å². The molecule has 0 saturated carbocycles. The Bertz CT molecular complexity index is 2450. The molecule has 0 fully saturated rings. The van der Waals surface area contributed by atoms with Crippen LogP contribution < -0.4 is 18.9 Å². The Hall–Kier alpha value is -6.74. The summed E-state index contributed by atoms with van der Waals surface area (Å²) in [4.78, 5) is 18.1. The van der Waals surface area contributed by atoms with E-state index in [-0.39, 0.29) is 10.8 Å². The van der Waals surface area contributed by atoms with Crippen LogP contribution in [0.5, 0.6) is 46.3 Å². The lowest BCUT2D eigenvalue weighted by molar-refractivity contribution is 0.448. The quantitative estimate of drug-likeness (QED) is 0.145. The van der Waals surface area contributed by atoms with E-state index in [1.54, 1.807) is 24.8 Å². The first-order valence-corrected chi connectivity index (χ1v) is 18.2. The van der Waals surface area contributed by atoms with Gasteiger partial charge in [-0.3, -0.25) is 4.57 Å². The molecule has 0 unspecified atom stereocenters. The summed E-state index contributed by atoms with van der Waals surface area (Å²) >= 11 is 0. The maximum Gasteiger partial charge on any atom is 0.234 e. The summed E-state index contributed by atoms with van der Waals surface area (Å²) in [7, 11) is 0. The van der Waals surface area contributed by atoms with E-state index in [4.69, 9.17) is 28.9 Å². The summed E-state index contributed by atoms with van der Waals surface area (Å²) in [5.74, 6) is 5.40. The van der Waals surface area contributed by atoms with Crippen molar-refractivity contribution < 1.29 is 18.9 Å². The van der Waals surface area contributed by atoms with E-state index < -0.39 is 0 Å². The summed E-state index contributed by atoms with van der Waals surface area (Å²) in [6, 6.07) is 36.5. The molecule has 55 heavy (non-hydrogen) atoms. The lowest BCUT2D eigenvalue weighted by Gasteiger charge is -2.25. The molecule has 4 aromatic heterocycles. The molecule has 8 aromatic rings. The number of fused-ring (bicyclic) bond motifs is 3. The van der Waals surface area contributed by atoms with Crippen molar-refractivity contribution in [3.8, 4) is 52.2 Å². The van der Waals surface area contributed by atoms with Crippen LogP contribution in [0.2, 0.25) is 0 Å². The number of hydrogen-bond acceptors (Lipinski definition) is 8. The molecule has 9 nitrogen and oxygen atoms in total. The van der Waals surface area contributed by atoms with Gasteiger partial charge in [-0.25, -0.2) is 19.9 Å². The second-order valence-corrected chi connectivity index (χ2v) is 15.3. The van der Waals surface area contributed by atoms with Crippen LogP contribution in [0, 0.1) is 0 Å². The third-order valence-electron chi connectivity index (χ3n) is 9.08. The molecule has 0 aliphatic rings. The van der Waals surface area contributed by atoms with Gasteiger partial charge in [0, 0.05) is 72.0 Å². The van der Waals surface area contributed by atoms with Crippen LogP contribution in [0.1, 0.15) is 52.7 Å². The minimum Gasteiger partial charge on any atom is -0.457 e. The Balaban J connectivity index is 1.30. The number of rotatable bonds is 9.